The number of likely N-dealkylation sites (N-methyl/N-ethyl adjacent to an activating group) is 1. The average molecular weight is 548 g/mol. The molecule has 1 aliphatic rings. The van der Waals surface area contributed by atoms with Gasteiger partial charge in [-0.15, -0.1) is 0 Å². The fourth-order valence-corrected chi connectivity index (χ4v) is 5.38. The van der Waals surface area contributed by atoms with E-state index >= 15 is 0 Å². The van der Waals surface area contributed by atoms with E-state index in [4.69, 9.17) is 9.73 Å². The highest BCUT2D eigenvalue weighted by Gasteiger charge is 2.20. The van der Waals surface area contributed by atoms with Gasteiger partial charge in [0.15, 0.2) is 5.88 Å². The van der Waals surface area contributed by atoms with Crippen molar-refractivity contribution in [3.05, 3.63) is 114 Å². The van der Waals surface area contributed by atoms with Crippen LogP contribution in [0, 0.1) is 0 Å². The maximum Gasteiger partial charge on any atom is 0.337 e. The minimum absolute atomic E-state index is 0.0119. The lowest BCUT2D eigenvalue weighted by molar-refractivity contribution is 0.0601. The van der Waals surface area contributed by atoms with Gasteiger partial charge in [0.05, 0.1) is 29.6 Å². The van der Waals surface area contributed by atoms with Crippen LogP contribution in [0.1, 0.15) is 27.2 Å². The van der Waals surface area contributed by atoms with Crippen molar-refractivity contribution in [1.82, 2.24) is 19.4 Å². The van der Waals surface area contributed by atoms with Gasteiger partial charge in [0.2, 0.25) is 0 Å². The number of carbonyl (C=O) groups excluding carboxylic acids is 1. The van der Waals surface area contributed by atoms with Gasteiger partial charge in [0, 0.05) is 66.8 Å². The first-order chi connectivity index (χ1) is 20.0. The number of esters is 1. The standard InChI is InChI=1S/C33H33N5O3/c1-36-17-19-37(20-18-36)22-27-9-6-16-38(27)26-13-11-25(12-14-26)34-31(23-7-4-3-5-8-23)30-28-15-10-24(33(40)41-2)21-29(28)35-32(30)39/h3-16,21,35,39H,17-20,22H2,1-2H3. The summed E-state index contributed by atoms with van der Waals surface area (Å²) in [5.74, 6) is -0.448. The minimum Gasteiger partial charge on any atom is -0.494 e. The fraction of sp³-hybridized carbons (Fsp3) is 0.212. The van der Waals surface area contributed by atoms with Gasteiger partial charge in [-0.3, -0.25) is 4.90 Å². The number of methoxy groups -OCH3 is 1. The Kier molecular flexibility index (Phi) is 7.41. The Balaban J connectivity index is 1.34. The van der Waals surface area contributed by atoms with Crippen LogP contribution in [0.4, 0.5) is 5.69 Å². The number of nitrogens with zero attached hydrogens (tertiary/aromatic N) is 4. The Morgan fingerprint density at radius 2 is 1.68 bits per heavy atom. The van der Waals surface area contributed by atoms with Crippen LogP contribution in [0.5, 0.6) is 5.88 Å². The van der Waals surface area contributed by atoms with Crippen molar-refractivity contribution in [3.63, 3.8) is 0 Å². The number of aromatic amines is 1. The molecule has 6 rings (SSSR count). The third kappa shape index (κ3) is 5.52. The first kappa shape index (κ1) is 26.6. The van der Waals surface area contributed by atoms with Gasteiger partial charge in [-0.1, -0.05) is 36.4 Å². The molecule has 0 amide bonds. The summed E-state index contributed by atoms with van der Waals surface area (Å²) in [5, 5.41) is 11.8. The summed E-state index contributed by atoms with van der Waals surface area (Å²) in [5.41, 5.74) is 6.19. The zero-order valence-corrected chi connectivity index (χ0v) is 23.2. The molecule has 0 atom stereocenters. The first-order valence-corrected chi connectivity index (χ1v) is 13.8. The van der Waals surface area contributed by atoms with Gasteiger partial charge >= 0.3 is 5.97 Å². The molecule has 0 unspecified atom stereocenters. The number of aromatic hydroxyl groups is 1. The summed E-state index contributed by atoms with van der Waals surface area (Å²) in [7, 11) is 3.52. The molecule has 0 saturated carbocycles. The van der Waals surface area contributed by atoms with Crippen molar-refractivity contribution >= 4 is 28.3 Å². The summed E-state index contributed by atoms with van der Waals surface area (Å²) < 4.78 is 7.09. The van der Waals surface area contributed by atoms with E-state index in [1.165, 1.54) is 12.8 Å². The number of aromatic nitrogens is 2. The summed E-state index contributed by atoms with van der Waals surface area (Å²) >= 11 is 0. The van der Waals surface area contributed by atoms with Crippen LogP contribution in [-0.4, -0.2) is 76.5 Å². The average Bonchev–Trinajstić information content (AvgIpc) is 3.60. The number of H-pyrrole nitrogens is 1. The van der Waals surface area contributed by atoms with Crippen LogP contribution >= 0.6 is 0 Å². The van der Waals surface area contributed by atoms with Crippen molar-refractivity contribution in [1.29, 1.82) is 0 Å². The van der Waals surface area contributed by atoms with E-state index in [0.717, 1.165) is 55.0 Å². The normalized spacial score (nSPS) is 14.9. The second kappa shape index (κ2) is 11.4. The zero-order chi connectivity index (χ0) is 28.3. The van der Waals surface area contributed by atoms with Crippen LogP contribution in [-0.2, 0) is 11.3 Å². The molecule has 1 fully saturated rings. The predicted molar refractivity (Wildman–Crippen MR) is 162 cm³/mol. The minimum atomic E-state index is -0.436. The highest BCUT2D eigenvalue weighted by atomic mass is 16.5. The number of fused-ring (bicyclic) bond motifs is 1. The highest BCUT2D eigenvalue weighted by molar-refractivity contribution is 6.22. The number of nitrogens with one attached hydrogen (secondary N) is 1. The molecule has 0 aliphatic carbocycles. The van der Waals surface area contributed by atoms with Crippen LogP contribution in [0.25, 0.3) is 16.6 Å². The molecule has 3 aromatic carbocycles. The van der Waals surface area contributed by atoms with Gasteiger partial charge < -0.3 is 24.3 Å². The smallest absolute Gasteiger partial charge is 0.337 e. The molecular formula is C33H33N5O3. The van der Waals surface area contributed by atoms with E-state index in [0.29, 0.717) is 22.4 Å². The van der Waals surface area contributed by atoms with Gasteiger partial charge in [-0.05, 0) is 55.6 Å². The Hall–Kier alpha value is -4.66. The highest BCUT2D eigenvalue weighted by Crippen LogP contribution is 2.32. The first-order valence-electron chi connectivity index (χ1n) is 13.8. The molecule has 0 spiro atoms. The Bertz CT molecular complexity index is 1690. The summed E-state index contributed by atoms with van der Waals surface area (Å²) in [6.45, 7) is 5.24. The molecule has 208 valence electrons. The van der Waals surface area contributed by atoms with Gasteiger partial charge in [0.1, 0.15) is 0 Å². The van der Waals surface area contributed by atoms with Gasteiger partial charge in [-0.2, -0.15) is 0 Å². The number of aliphatic imine (C=N–C) groups is 1. The van der Waals surface area contributed by atoms with E-state index in [-0.39, 0.29) is 5.88 Å². The quantitative estimate of drug-likeness (QED) is 0.211. The monoisotopic (exact) mass is 547 g/mol. The molecule has 5 aromatic rings. The number of piperazine rings is 1. The molecule has 1 aliphatic heterocycles. The third-order valence-corrected chi connectivity index (χ3v) is 7.67. The summed E-state index contributed by atoms with van der Waals surface area (Å²) in [6, 6.07) is 27.4. The molecule has 1 saturated heterocycles. The van der Waals surface area contributed by atoms with Crippen molar-refractivity contribution in [3.8, 4) is 11.6 Å². The van der Waals surface area contributed by atoms with Crippen molar-refractivity contribution in [2.75, 3.05) is 40.3 Å². The van der Waals surface area contributed by atoms with Crippen molar-refractivity contribution < 1.29 is 14.6 Å². The second-order valence-electron chi connectivity index (χ2n) is 10.4. The second-order valence-corrected chi connectivity index (χ2v) is 10.4. The Morgan fingerprint density at radius 3 is 2.41 bits per heavy atom. The third-order valence-electron chi connectivity index (χ3n) is 7.67. The van der Waals surface area contributed by atoms with Crippen molar-refractivity contribution in [2.24, 2.45) is 4.99 Å². The lowest BCUT2D eigenvalue weighted by Gasteiger charge is -2.32. The number of benzene rings is 3. The van der Waals surface area contributed by atoms with E-state index in [2.05, 4.69) is 56.9 Å². The number of hydrogen-bond donors (Lipinski definition) is 2. The molecule has 3 heterocycles. The van der Waals surface area contributed by atoms with E-state index < -0.39 is 5.97 Å². The maximum absolute atomic E-state index is 12.1. The summed E-state index contributed by atoms with van der Waals surface area (Å²) in [4.78, 5) is 25.0. The topological polar surface area (TPSA) is 86.1 Å². The van der Waals surface area contributed by atoms with E-state index in [1.54, 1.807) is 12.1 Å². The van der Waals surface area contributed by atoms with E-state index in [1.807, 2.05) is 48.5 Å². The SMILES string of the molecule is COC(=O)c1ccc2c(C(=Nc3ccc(-n4cccc4CN4CCN(C)CC4)cc3)c3ccccc3)c(O)[nH]c2c1. The largest absolute Gasteiger partial charge is 0.494 e. The van der Waals surface area contributed by atoms with Crippen molar-refractivity contribution in [2.45, 2.75) is 6.54 Å². The number of ether oxygens (including phenoxy) is 1. The molecule has 41 heavy (non-hydrogen) atoms. The van der Waals surface area contributed by atoms with E-state index in [9.17, 15) is 9.90 Å². The van der Waals surface area contributed by atoms with Gasteiger partial charge in [0.25, 0.3) is 0 Å². The molecule has 2 N–H and O–H groups in total. The van der Waals surface area contributed by atoms with Crippen LogP contribution in [0.3, 0.4) is 0 Å². The molecular weight excluding hydrogens is 514 g/mol. The fourth-order valence-electron chi connectivity index (χ4n) is 5.38. The Labute approximate surface area is 239 Å². The maximum atomic E-state index is 12.1. The molecule has 0 radical (unpaired) electrons. The molecule has 2 aromatic heterocycles. The molecule has 8 heteroatoms. The van der Waals surface area contributed by atoms with Crippen LogP contribution in [0.15, 0.2) is 96.1 Å². The Morgan fingerprint density at radius 1 is 0.927 bits per heavy atom. The van der Waals surface area contributed by atoms with Crippen LogP contribution in [0.2, 0.25) is 0 Å². The number of rotatable bonds is 7. The van der Waals surface area contributed by atoms with Crippen LogP contribution < -0.4 is 0 Å². The number of carbonyl (C=O) groups is 1. The number of hydrogen-bond acceptors (Lipinski definition) is 6. The zero-order valence-electron chi connectivity index (χ0n) is 23.2. The lowest BCUT2D eigenvalue weighted by Crippen LogP contribution is -2.44. The predicted octanol–water partition coefficient (Wildman–Crippen LogP) is 5.37. The molecule has 0 bridgehead atoms. The molecule has 8 nitrogen and oxygen atoms in total. The summed E-state index contributed by atoms with van der Waals surface area (Å²) in [6.07, 6.45) is 2.10. The van der Waals surface area contributed by atoms with Gasteiger partial charge in [-0.25, -0.2) is 9.79 Å². The lowest BCUT2D eigenvalue weighted by atomic mass is 10.00.